The minimum atomic E-state index is 0. The first kappa shape index (κ1) is 19.0. The lowest BCUT2D eigenvalue weighted by atomic mass is 10.2. The second-order valence-electron chi connectivity index (χ2n) is 5.01. The molecular weight excluding hydrogens is 415 g/mol. The van der Waals surface area contributed by atoms with Gasteiger partial charge in [-0.3, -0.25) is 9.79 Å². The first-order valence-electron chi connectivity index (χ1n) is 7.16. The summed E-state index contributed by atoms with van der Waals surface area (Å²) in [4.78, 5) is 15.6. The maximum Gasteiger partial charge on any atom is 0.223 e. The molecule has 0 atom stereocenters. The summed E-state index contributed by atoms with van der Waals surface area (Å²) >= 11 is 6.10. The summed E-state index contributed by atoms with van der Waals surface area (Å²) in [6, 6.07) is 7.69. The number of benzene rings is 1. The van der Waals surface area contributed by atoms with Crippen LogP contribution in [-0.2, 0) is 11.3 Å². The number of nitrogens with zero attached hydrogens (tertiary/aromatic N) is 1. The van der Waals surface area contributed by atoms with Crippen LogP contribution in [0.4, 0.5) is 0 Å². The van der Waals surface area contributed by atoms with Crippen LogP contribution in [-0.4, -0.2) is 32.0 Å². The van der Waals surface area contributed by atoms with Gasteiger partial charge in [-0.15, -0.1) is 24.0 Å². The third-order valence-corrected chi connectivity index (χ3v) is 3.66. The summed E-state index contributed by atoms with van der Waals surface area (Å²) < 4.78 is 0. The quantitative estimate of drug-likeness (QED) is 0.277. The fourth-order valence-corrected chi connectivity index (χ4v) is 2.10. The zero-order chi connectivity index (χ0) is 15.1. The standard InChI is InChI=1S/C15H21ClN4O.HI/c1-17-15(19-9-8-18-14(21)11-6-7-11)20-10-12-4-2-3-5-13(12)16;/h2-5,11H,6-10H2,1H3,(H,18,21)(H2,17,19,20);1H. The van der Waals surface area contributed by atoms with Crippen molar-refractivity contribution in [2.45, 2.75) is 19.4 Å². The zero-order valence-electron chi connectivity index (χ0n) is 12.6. The smallest absolute Gasteiger partial charge is 0.223 e. The molecule has 5 nitrogen and oxygen atoms in total. The molecule has 1 amide bonds. The SMILES string of the molecule is CN=C(NCCNC(=O)C1CC1)NCc1ccccc1Cl.I. The normalized spacial score (nSPS) is 14.0. The van der Waals surface area contributed by atoms with Crippen molar-refractivity contribution in [3.63, 3.8) is 0 Å². The average molecular weight is 437 g/mol. The van der Waals surface area contributed by atoms with Gasteiger partial charge in [0.1, 0.15) is 0 Å². The summed E-state index contributed by atoms with van der Waals surface area (Å²) in [5.74, 6) is 1.11. The number of amides is 1. The zero-order valence-corrected chi connectivity index (χ0v) is 15.7. The Morgan fingerprint density at radius 1 is 1.23 bits per heavy atom. The first-order chi connectivity index (χ1) is 10.2. The molecule has 0 bridgehead atoms. The molecule has 3 N–H and O–H groups in total. The average Bonchev–Trinajstić information content (AvgIpc) is 3.32. The summed E-state index contributed by atoms with van der Waals surface area (Å²) in [5, 5.41) is 9.98. The van der Waals surface area contributed by atoms with E-state index in [4.69, 9.17) is 11.6 Å². The number of carbonyl (C=O) groups is 1. The van der Waals surface area contributed by atoms with Crippen molar-refractivity contribution >= 4 is 47.4 Å². The van der Waals surface area contributed by atoms with Crippen molar-refractivity contribution in [1.82, 2.24) is 16.0 Å². The summed E-state index contributed by atoms with van der Waals surface area (Å²) in [7, 11) is 1.71. The fraction of sp³-hybridized carbons (Fsp3) is 0.467. The number of carbonyl (C=O) groups excluding carboxylic acids is 1. The Morgan fingerprint density at radius 2 is 1.91 bits per heavy atom. The minimum absolute atomic E-state index is 0. The Bertz CT molecular complexity index is 520. The lowest BCUT2D eigenvalue weighted by Crippen LogP contribution is -2.41. The molecule has 7 heteroatoms. The van der Waals surface area contributed by atoms with E-state index in [-0.39, 0.29) is 35.8 Å². The molecule has 0 aromatic heterocycles. The number of nitrogens with one attached hydrogen (secondary N) is 3. The van der Waals surface area contributed by atoms with Crippen molar-refractivity contribution in [3.05, 3.63) is 34.9 Å². The van der Waals surface area contributed by atoms with Crippen LogP contribution in [0.2, 0.25) is 5.02 Å². The van der Waals surface area contributed by atoms with E-state index in [2.05, 4.69) is 20.9 Å². The number of rotatable bonds is 6. The van der Waals surface area contributed by atoms with Gasteiger partial charge in [0, 0.05) is 37.6 Å². The molecule has 0 radical (unpaired) electrons. The van der Waals surface area contributed by atoms with E-state index in [1.54, 1.807) is 7.05 Å². The molecule has 1 saturated carbocycles. The lowest BCUT2D eigenvalue weighted by molar-refractivity contribution is -0.122. The summed E-state index contributed by atoms with van der Waals surface area (Å²) in [6.07, 6.45) is 2.06. The molecule has 2 rings (SSSR count). The van der Waals surface area contributed by atoms with Crippen LogP contribution >= 0.6 is 35.6 Å². The van der Waals surface area contributed by atoms with E-state index in [1.807, 2.05) is 24.3 Å². The van der Waals surface area contributed by atoms with Gasteiger partial charge in [-0.1, -0.05) is 29.8 Å². The third kappa shape index (κ3) is 6.39. The van der Waals surface area contributed by atoms with Crippen molar-refractivity contribution in [3.8, 4) is 0 Å². The number of aliphatic imine (C=N–C) groups is 1. The summed E-state index contributed by atoms with van der Waals surface area (Å²) in [6.45, 7) is 1.84. The lowest BCUT2D eigenvalue weighted by Gasteiger charge is -2.13. The van der Waals surface area contributed by atoms with Gasteiger partial charge in [-0.2, -0.15) is 0 Å². The molecular formula is C15H22ClIN4O. The van der Waals surface area contributed by atoms with Gasteiger partial charge in [-0.25, -0.2) is 0 Å². The number of halogens is 2. The second kappa shape index (κ2) is 9.89. The van der Waals surface area contributed by atoms with Crippen LogP contribution in [0.1, 0.15) is 18.4 Å². The largest absolute Gasteiger partial charge is 0.355 e. The Hall–Kier alpha value is -1.02. The summed E-state index contributed by atoms with van der Waals surface area (Å²) in [5.41, 5.74) is 1.02. The molecule has 0 unspecified atom stereocenters. The van der Waals surface area contributed by atoms with Crippen molar-refractivity contribution < 1.29 is 4.79 Å². The fourth-order valence-electron chi connectivity index (χ4n) is 1.90. The van der Waals surface area contributed by atoms with Crippen molar-refractivity contribution in [1.29, 1.82) is 0 Å². The Balaban J connectivity index is 0.00000242. The predicted octanol–water partition coefficient (Wildman–Crippen LogP) is 2.15. The molecule has 0 spiro atoms. The van der Waals surface area contributed by atoms with E-state index in [1.165, 1.54) is 0 Å². The van der Waals surface area contributed by atoms with Crippen molar-refractivity contribution in [2.75, 3.05) is 20.1 Å². The number of guanidine groups is 1. The van der Waals surface area contributed by atoms with E-state index < -0.39 is 0 Å². The maximum absolute atomic E-state index is 11.5. The highest BCUT2D eigenvalue weighted by Crippen LogP contribution is 2.28. The van der Waals surface area contributed by atoms with Crippen LogP contribution in [0.5, 0.6) is 0 Å². The van der Waals surface area contributed by atoms with Gasteiger partial charge in [0.25, 0.3) is 0 Å². The van der Waals surface area contributed by atoms with Gasteiger partial charge in [0.2, 0.25) is 5.91 Å². The van der Waals surface area contributed by atoms with Gasteiger partial charge < -0.3 is 16.0 Å². The molecule has 0 aliphatic heterocycles. The molecule has 0 heterocycles. The van der Waals surface area contributed by atoms with Crippen LogP contribution in [0.15, 0.2) is 29.3 Å². The van der Waals surface area contributed by atoms with E-state index in [0.717, 1.165) is 23.4 Å². The van der Waals surface area contributed by atoms with Crippen LogP contribution in [0.3, 0.4) is 0 Å². The third-order valence-electron chi connectivity index (χ3n) is 3.29. The highest BCUT2D eigenvalue weighted by Gasteiger charge is 2.28. The molecule has 1 aliphatic rings. The van der Waals surface area contributed by atoms with Gasteiger partial charge in [-0.05, 0) is 24.5 Å². The van der Waals surface area contributed by atoms with E-state index in [9.17, 15) is 4.79 Å². The minimum Gasteiger partial charge on any atom is -0.355 e. The Morgan fingerprint density at radius 3 is 2.55 bits per heavy atom. The topological polar surface area (TPSA) is 65.5 Å². The molecule has 22 heavy (non-hydrogen) atoms. The molecule has 0 saturated heterocycles. The van der Waals surface area contributed by atoms with E-state index >= 15 is 0 Å². The van der Waals surface area contributed by atoms with Crippen LogP contribution in [0, 0.1) is 5.92 Å². The molecule has 1 aromatic rings. The van der Waals surface area contributed by atoms with Crippen LogP contribution < -0.4 is 16.0 Å². The monoisotopic (exact) mass is 436 g/mol. The van der Waals surface area contributed by atoms with Crippen LogP contribution in [0.25, 0.3) is 0 Å². The predicted molar refractivity (Wildman–Crippen MR) is 101 cm³/mol. The Labute approximate surface area is 153 Å². The highest BCUT2D eigenvalue weighted by atomic mass is 127. The van der Waals surface area contributed by atoms with Gasteiger partial charge in [0.05, 0.1) is 0 Å². The number of hydrogen-bond donors (Lipinski definition) is 3. The van der Waals surface area contributed by atoms with Gasteiger partial charge >= 0.3 is 0 Å². The van der Waals surface area contributed by atoms with Gasteiger partial charge in [0.15, 0.2) is 5.96 Å². The molecule has 1 aromatic carbocycles. The second-order valence-corrected chi connectivity index (χ2v) is 5.42. The Kier molecular flexibility index (Phi) is 8.55. The first-order valence-corrected chi connectivity index (χ1v) is 7.54. The molecule has 1 fully saturated rings. The molecule has 1 aliphatic carbocycles. The van der Waals surface area contributed by atoms with Crippen molar-refractivity contribution in [2.24, 2.45) is 10.9 Å². The van der Waals surface area contributed by atoms with E-state index in [0.29, 0.717) is 25.6 Å². The highest BCUT2D eigenvalue weighted by molar-refractivity contribution is 14.0. The maximum atomic E-state index is 11.5. The number of hydrogen-bond acceptors (Lipinski definition) is 2. The molecule has 122 valence electrons.